The molecule has 0 amide bonds. The lowest BCUT2D eigenvalue weighted by Gasteiger charge is -2.09. The van der Waals surface area contributed by atoms with Crippen LogP contribution < -0.4 is 4.74 Å². The van der Waals surface area contributed by atoms with E-state index in [1.54, 1.807) is 11.3 Å². The molecule has 19 heavy (non-hydrogen) atoms. The van der Waals surface area contributed by atoms with Crippen molar-refractivity contribution in [2.24, 2.45) is 0 Å². The molecule has 0 aliphatic carbocycles. The smallest absolute Gasteiger partial charge is 0.119 e. The number of hydrogen-bond acceptors (Lipinski definition) is 4. The second kappa shape index (κ2) is 6.68. The van der Waals surface area contributed by atoms with E-state index in [9.17, 15) is 0 Å². The first-order valence-electron chi connectivity index (χ1n) is 6.46. The molecular formula is C15H19NO2S. The average molecular weight is 277 g/mol. The summed E-state index contributed by atoms with van der Waals surface area (Å²) in [6.45, 7) is 4.96. The summed E-state index contributed by atoms with van der Waals surface area (Å²) in [7, 11) is 0. The number of aliphatic hydroxyl groups is 1. The summed E-state index contributed by atoms with van der Waals surface area (Å²) in [5, 5.41) is 11.8. The zero-order valence-electron chi connectivity index (χ0n) is 11.3. The Morgan fingerprint density at radius 1 is 1.37 bits per heavy atom. The average Bonchev–Trinajstić information content (AvgIpc) is 2.87. The Morgan fingerprint density at radius 3 is 2.89 bits per heavy atom. The first-order chi connectivity index (χ1) is 9.19. The quantitative estimate of drug-likeness (QED) is 0.880. The Bertz CT molecular complexity index is 522. The molecule has 0 spiro atoms. The molecule has 2 rings (SSSR count). The predicted molar refractivity (Wildman–Crippen MR) is 77.8 cm³/mol. The third-order valence-electron chi connectivity index (χ3n) is 2.87. The van der Waals surface area contributed by atoms with Crippen LogP contribution in [0.5, 0.6) is 5.75 Å². The highest BCUT2D eigenvalue weighted by molar-refractivity contribution is 7.09. The number of aromatic nitrogens is 1. The van der Waals surface area contributed by atoms with Gasteiger partial charge < -0.3 is 9.84 Å². The number of thiazole rings is 1. The molecule has 0 fully saturated rings. The van der Waals surface area contributed by atoms with Crippen molar-refractivity contribution in [2.75, 3.05) is 6.61 Å². The van der Waals surface area contributed by atoms with Crippen molar-refractivity contribution in [3.63, 3.8) is 0 Å². The maximum absolute atomic E-state index is 8.95. The van der Waals surface area contributed by atoms with Crippen molar-refractivity contribution in [1.82, 2.24) is 4.98 Å². The number of nitrogens with zero attached hydrogens (tertiary/aromatic N) is 1. The summed E-state index contributed by atoms with van der Waals surface area (Å²) in [6, 6.07) is 8.21. The molecule has 0 aliphatic rings. The van der Waals surface area contributed by atoms with Crippen LogP contribution in [0.4, 0.5) is 0 Å². The summed E-state index contributed by atoms with van der Waals surface area (Å²) < 4.78 is 5.75. The van der Waals surface area contributed by atoms with Gasteiger partial charge in [-0.05, 0) is 23.6 Å². The maximum atomic E-state index is 8.95. The van der Waals surface area contributed by atoms with Gasteiger partial charge in [0.15, 0.2) is 0 Å². The van der Waals surface area contributed by atoms with Crippen molar-refractivity contribution in [1.29, 1.82) is 0 Å². The van der Waals surface area contributed by atoms with Crippen molar-refractivity contribution in [2.45, 2.75) is 32.8 Å². The van der Waals surface area contributed by atoms with E-state index in [0.717, 1.165) is 22.9 Å². The Labute approximate surface area is 117 Å². The highest BCUT2D eigenvalue weighted by Gasteiger charge is 2.03. The van der Waals surface area contributed by atoms with Gasteiger partial charge in [0, 0.05) is 11.8 Å². The molecule has 0 radical (unpaired) electrons. The number of benzene rings is 1. The van der Waals surface area contributed by atoms with Gasteiger partial charge in [-0.2, -0.15) is 0 Å². The van der Waals surface area contributed by atoms with Gasteiger partial charge in [-0.3, -0.25) is 0 Å². The Morgan fingerprint density at radius 2 is 2.21 bits per heavy atom. The fraction of sp³-hybridized carbons (Fsp3) is 0.400. The summed E-state index contributed by atoms with van der Waals surface area (Å²) >= 11 is 1.57. The molecule has 0 bridgehead atoms. The molecule has 1 N–H and O–H groups in total. The SMILES string of the molecule is CC(C)c1cccc(OCCc2nc(CO)cs2)c1. The Balaban J connectivity index is 1.86. The summed E-state index contributed by atoms with van der Waals surface area (Å²) in [5.41, 5.74) is 2.02. The topological polar surface area (TPSA) is 42.4 Å². The van der Waals surface area contributed by atoms with Gasteiger partial charge in [-0.25, -0.2) is 4.98 Å². The van der Waals surface area contributed by atoms with Gasteiger partial charge in [0.1, 0.15) is 5.75 Å². The first-order valence-corrected chi connectivity index (χ1v) is 7.34. The van der Waals surface area contributed by atoms with E-state index in [1.165, 1.54) is 5.56 Å². The molecule has 1 aromatic carbocycles. The molecular weight excluding hydrogens is 258 g/mol. The van der Waals surface area contributed by atoms with Gasteiger partial charge in [0.05, 0.1) is 23.9 Å². The monoisotopic (exact) mass is 277 g/mol. The van der Waals surface area contributed by atoms with Crippen LogP contribution in [-0.4, -0.2) is 16.7 Å². The number of ether oxygens (including phenoxy) is 1. The zero-order chi connectivity index (χ0) is 13.7. The van der Waals surface area contributed by atoms with E-state index in [0.29, 0.717) is 12.5 Å². The van der Waals surface area contributed by atoms with E-state index < -0.39 is 0 Å². The number of hydrogen-bond donors (Lipinski definition) is 1. The fourth-order valence-corrected chi connectivity index (χ4v) is 2.53. The minimum absolute atomic E-state index is 0.00773. The molecule has 4 heteroatoms. The summed E-state index contributed by atoms with van der Waals surface area (Å²) in [6.07, 6.45) is 0.774. The lowest BCUT2D eigenvalue weighted by Crippen LogP contribution is -2.02. The van der Waals surface area contributed by atoms with Gasteiger partial charge in [0.25, 0.3) is 0 Å². The molecule has 0 saturated heterocycles. The third-order valence-corrected chi connectivity index (χ3v) is 3.83. The molecule has 102 valence electrons. The second-order valence-electron chi connectivity index (χ2n) is 4.72. The van der Waals surface area contributed by atoms with Crippen molar-refractivity contribution >= 4 is 11.3 Å². The van der Waals surface area contributed by atoms with Gasteiger partial charge in [-0.1, -0.05) is 26.0 Å². The van der Waals surface area contributed by atoms with Gasteiger partial charge >= 0.3 is 0 Å². The van der Waals surface area contributed by atoms with Crippen LogP contribution in [-0.2, 0) is 13.0 Å². The predicted octanol–water partition coefficient (Wildman–Crippen LogP) is 3.38. The van der Waals surface area contributed by atoms with Crippen LogP contribution in [0, 0.1) is 0 Å². The largest absolute Gasteiger partial charge is 0.493 e. The first kappa shape index (κ1) is 14.0. The normalized spacial score (nSPS) is 10.9. The van der Waals surface area contributed by atoms with Crippen LogP contribution in [0.25, 0.3) is 0 Å². The highest BCUT2D eigenvalue weighted by atomic mass is 32.1. The molecule has 3 nitrogen and oxygen atoms in total. The Hall–Kier alpha value is -1.39. The van der Waals surface area contributed by atoms with Crippen LogP contribution >= 0.6 is 11.3 Å². The van der Waals surface area contributed by atoms with Gasteiger partial charge in [-0.15, -0.1) is 11.3 Å². The minimum atomic E-state index is 0.00773. The zero-order valence-corrected chi connectivity index (χ0v) is 12.1. The Kier molecular flexibility index (Phi) is 4.93. The van der Waals surface area contributed by atoms with Crippen LogP contribution in [0.2, 0.25) is 0 Å². The molecule has 1 aromatic heterocycles. The van der Waals surface area contributed by atoms with Crippen molar-refractivity contribution in [3.05, 3.63) is 45.9 Å². The molecule has 0 aliphatic heterocycles. The molecule has 1 heterocycles. The van der Waals surface area contributed by atoms with E-state index in [4.69, 9.17) is 9.84 Å². The lowest BCUT2D eigenvalue weighted by molar-refractivity contribution is 0.277. The lowest BCUT2D eigenvalue weighted by atomic mass is 10.0. The fourth-order valence-electron chi connectivity index (χ4n) is 1.76. The summed E-state index contributed by atoms with van der Waals surface area (Å²) in [4.78, 5) is 4.29. The van der Waals surface area contributed by atoms with E-state index in [-0.39, 0.29) is 6.61 Å². The third kappa shape index (κ3) is 4.04. The van der Waals surface area contributed by atoms with E-state index >= 15 is 0 Å². The molecule has 0 saturated carbocycles. The minimum Gasteiger partial charge on any atom is -0.493 e. The number of aliphatic hydroxyl groups excluding tert-OH is 1. The van der Waals surface area contributed by atoms with Crippen LogP contribution in [0.1, 0.15) is 36.0 Å². The highest BCUT2D eigenvalue weighted by Crippen LogP contribution is 2.20. The van der Waals surface area contributed by atoms with Gasteiger partial charge in [0.2, 0.25) is 0 Å². The van der Waals surface area contributed by atoms with Crippen molar-refractivity contribution in [3.8, 4) is 5.75 Å². The van der Waals surface area contributed by atoms with E-state index in [2.05, 4.69) is 31.0 Å². The standard InChI is InChI=1S/C15H19NO2S/c1-11(2)12-4-3-5-14(8-12)18-7-6-15-16-13(9-17)10-19-15/h3-5,8,10-11,17H,6-7,9H2,1-2H3. The molecule has 2 aromatic rings. The summed E-state index contributed by atoms with van der Waals surface area (Å²) in [5.74, 6) is 1.42. The van der Waals surface area contributed by atoms with E-state index in [1.807, 2.05) is 17.5 Å². The second-order valence-corrected chi connectivity index (χ2v) is 5.66. The maximum Gasteiger partial charge on any atom is 0.119 e. The molecule has 0 unspecified atom stereocenters. The van der Waals surface area contributed by atoms with Crippen LogP contribution in [0.15, 0.2) is 29.6 Å². The van der Waals surface area contributed by atoms with Crippen LogP contribution in [0.3, 0.4) is 0 Å². The van der Waals surface area contributed by atoms with Crippen molar-refractivity contribution < 1.29 is 9.84 Å². The number of rotatable bonds is 6. The molecule has 0 atom stereocenters.